The molecule has 7 heteroatoms. The Morgan fingerprint density at radius 1 is 1.19 bits per heavy atom. The van der Waals surface area contributed by atoms with Crippen molar-refractivity contribution in [2.24, 2.45) is 0 Å². The van der Waals surface area contributed by atoms with Crippen molar-refractivity contribution in [3.05, 3.63) is 62.9 Å². The lowest BCUT2D eigenvalue weighted by molar-refractivity contribution is 0.103. The van der Waals surface area contributed by atoms with Crippen molar-refractivity contribution in [3.63, 3.8) is 0 Å². The van der Waals surface area contributed by atoms with Crippen molar-refractivity contribution in [2.75, 3.05) is 17.7 Å². The number of amides is 1. The number of hydrogen-bond donors (Lipinski definition) is 2. The highest BCUT2D eigenvalue weighted by molar-refractivity contribution is 7.73. The minimum Gasteiger partial charge on any atom is -0.494 e. The van der Waals surface area contributed by atoms with Crippen LogP contribution in [0.1, 0.15) is 22.2 Å². The summed E-state index contributed by atoms with van der Waals surface area (Å²) >= 11 is 6.61. The van der Waals surface area contributed by atoms with Crippen LogP contribution in [0.2, 0.25) is 0 Å². The van der Waals surface area contributed by atoms with E-state index in [9.17, 15) is 4.79 Å². The second kappa shape index (κ2) is 7.72. The van der Waals surface area contributed by atoms with E-state index >= 15 is 0 Å². The molecule has 0 saturated heterocycles. The van der Waals surface area contributed by atoms with E-state index < -0.39 is 0 Å². The fraction of sp³-hybridized carbons (Fsp3) is 0.158. The van der Waals surface area contributed by atoms with E-state index in [0.717, 1.165) is 17.0 Å². The van der Waals surface area contributed by atoms with Gasteiger partial charge in [0.05, 0.1) is 6.61 Å². The van der Waals surface area contributed by atoms with Gasteiger partial charge in [-0.3, -0.25) is 9.36 Å². The normalized spacial score (nSPS) is 10.5. The standard InChI is InChI=1S/C19H19N3O2S2/c1-3-24-15-10-8-14(9-11-15)22-17(20)16(26-19(22)25)18(23)21-13-6-4-12(2)5-7-13/h4-11H,3,20H2,1-2H3,(H,21,23). The Hall–Kier alpha value is -2.64. The molecule has 26 heavy (non-hydrogen) atoms. The number of ether oxygens (including phenoxy) is 1. The average molecular weight is 386 g/mol. The fourth-order valence-corrected chi connectivity index (χ4v) is 3.74. The Balaban J connectivity index is 1.88. The summed E-state index contributed by atoms with van der Waals surface area (Å²) in [6.45, 7) is 4.52. The van der Waals surface area contributed by atoms with Gasteiger partial charge in [0.25, 0.3) is 5.91 Å². The molecule has 0 aliphatic carbocycles. The molecular formula is C19H19N3O2S2. The zero-order valence-corrected chi connectivity index (χ0v) is 16.1. The number of rotatable bonds is 5. The first-order chi connectivity index (χ1) is 12.5. The quantitative estimate of drug-likeness (QED) is 0.619. The average Bonchev–Trinajstić information content (AvgIpc) is 2.93. The van der Waals surface area contributed by atoms with Gasteiger partial charge in [0.15, 0.2) is 3.95 Å². The smallest absolute Gasteiger partial charge is 0.269 e. The lowest BCUT2D eigenvalue weighted by atomic mass is 10.2. The number of aryl methyl sites for hydroxylation is 1. The van der Waals surface area contributed by atoms with E-state index in [4.69, 9.17) is 22.7 Å². The van der Waals surface area contributed by atoms with Crippen molar-refractivity contribution in [3.8, 4) is 11.4 Å². The molecule has 0 radical (unpaired) electrons. The van der Waals surface area contributed by atoms with Gasteiger partial charge < -0.3 is 15.8 Å². The third-order valence-corrected chi connectivity index (χ3v) is 5.16. The van der Waals surface area contributed by atoms with Crippen LogP contribution in [0.25, 0.3) is 5.69 Å². The number of carbonyl (C=O) groups is 1. The Kier molecular flexibility index (Phi) is 5.39. The second-order valence-corrected chi connectivity index (χ2v) is 7.31. The van der Waals surface area contributed by atoms with Crippen LogP contribution in [0.4, 0.5) is 11.5 Å². The topological polar surface area (TPSA) is 69.3 Å². The molecule has 2 aromatic carbocycles. The number of nitrogens with two attached hydrogens (primary N) is 1. The number of anilines is 2. The molecule has 0 spiro atoms. The maximum atomic E-state index is 12.6. The Morgan fingerprint density at radius 3 is 2.46 bits per heavy atom. The second-order valence-electron chi connectivity index (χ2n) is 5.66. The van der Waals surface area contributed by atoms with Crippen LogP contribution >= 0.6 is 23.6 Å². The molecule has 1 heterocycles. The molecule has 0 saturated carbocycles. The van der Waals surface area contributed by atoms with E-state index in [0.29, 0.717) is 26.9 Å². The van der Waals surface area contributed by atoms with Gasteiger partial charge in [-0.1, -0.05) is 29.0 Å². The molecule has 1 aromatic heterocycles. The monoisotopic (exact) mass is 385 g/mol. The number of benzene rings is 2. The molecule has 3 N–H and O–H groups in total. The van der Waals surface area contributed by atoms with Crippen LogP contribution in [0.3, 0.4) is 0 Å². The molecule has 0 bridgehead atoms. The largest absolute Gasteiger partial charge is 0.494 e. The summed E-state index contributed by atoms with van der Waals surface area (Å²) < 4.78 is 7.66. The number of thiazole rings is 1. The third kappa shape index (κ3) is 3.79. The molecule has 5 nitrogen and oxygen atoms in total. The highest BCUT2D eigenvalue weighted by atomic mass is 32.1. The van der Waals surface area contributed by atoms with Gasteiger partial charge in [0, 0.05) is 11.4 Å². The maximum Gasteiger partial charge on any atom is 0.269 e. The van der Waals surface area contributed by atoms with Crippen LogP contribution in [0, 0.1) is 10.9 Å². The van der Waals surface area contributed by atoms with Gasteiger partial charge in [-0.2, -0.15) is 0 Å². The molecule has 0 atom stereocenters. The Bertz CT molecular complexity index is 974. The number of carbonyl (C=O) groups excluding carboxylic acids is 1. The molecule has 3 aromatic rings. The van der Waals surface area contributed by atoms with Crippen molar-refractivity contribution < 1.29 is 9.53 Å². The molecule has 0 unspecified atom stereocenters. The van der Waals surface area contributed by atoms with Gasteiger partial charge in [-0.05, 0) is 62.5 Å². The first-order valence-corrected chi connectivity index (χ1v) is 9.34. The van der Waals surface area contributed by atoms with Gasteiger partial charge in [-0.15, -0.1) is 0 Å². The van der Waals surface area contributed by atoms with Crippen LogP contribution < -0.4 is 15.8 Å². The summed E-state index contributed by atoms with van der Waals surface area (Å²) in [7, 11) is 0. The van der Waals surface area contributed by atoms with Crippen molar-refractivity contribution >= 4 is 41.0 Å². The van der Waals surface area contributed by atoms with Crippen LogP contribution in [-0.4, -0.2) is 17.1 Å². The molecule has 3 rings (SSSR count). The predicted octanol–water partition coefficient (Wildman–Crippen LogP) is 4.81. The Morgan fingerprint density at radius 2 is 1.85 bits per heavy atom. The summed E-state index contributed by atoms with van der Waals surface area (Å²) in [5.41, 5.74) is 8.86. The minimum absolute atomic E-state index is 0.271. The van der Waals surface area contributed by atoms with Gasteiger partial charge >= 0.3 is 0 Å². The van der Waals surface area contributed by atoms with E-state index in [1.54, 1.807) is 4.57 Å². The van der Waals surface area contributed by atoms with E-state index in [2.05, 4.69) is 5.32 Å². The molecule has 0 aliphatic rings. The first-order valence-electron chi connectivity index (χ1n) is 8.12. The molecule has 0 fully saturated rings. The summed E-state index contributed by atoms with van der Waals surface area (Å²) in [6.07, 6.45) is 0. The molecule has 0 aliphatic heterocycles. The summed E-state index contributed by atoms with van der Waals surface area (Å²) in [5.74, 6) is 0.829. The predicted molar refractivity (Wildman–Crippen MR) is 109 cm³/mol. The highest BCUT2D eigenvalue weighted by Crippen LogP contribution is 2.28. The number of nitrogens with one attached hydrogen (secondary N) is 1. The third-order valence-electron chi connectivity index (χ3n) is 3.77. The van der Waals surface area contributed by atoms with Crippen LogP contribution in [-0.2, 0) is 0 Å². The van der Waals surface area contributed by atoms with E-state index in [-0.39, 0.29) is 5.91 Å². The number of nitrogen functional groups attached to an aromatic ring is 1. The van der Waals surface area contributed by atoms with Gasteiger partial charge in [-0.25, -0.2) is 0 Å². The zero-order chi connectivity index (χ0) is 18.7. The summed E-state index contributed by atoms with van der Waals surface area (Å²) in [5, 5.41) is 2.86. The number of aromatic nitrogens is 1. The van der Waals surface area contributed by atoms with Crippen molar-refractivity contribution in [1.29, 1.82) is 0 Å². The van der Waals surface area contributed by atoms with Crippen molar-refractivity contribution in [1.82, 2.24) is 4.57 Å². The van der Waals surface area contributed by atoms with Gasteiger partial charge in [0.2, 0.25) is 0 Å². The Labute approximate surface area is 161 Å². The molecular weight excluding hydrogens is 366 g/mol. The first kappa shape index (κ1) is 18.2. The zero-order valence-electron chi connectivity index (χ0n) is 14.5. The summed E-state index contributed by atoms with van der Waals surface area (Å²) in [4.78, 5) is 13.0. The van der Waals surface area contributed by atoms with Crippen LogP contribution in [0.15, 0.2) is 48.5 Å². The van der Waals surface area contributed by atoms with E-state index in [1.807, 2.05) is 62.4 Å². The summed E-state index contributed by atoms with van der Waals surface area (Å²) in [6, 6.07) is 15.0. The van der Waals surface area contributed by atoms with E-state index in [1.165, 1.54) is 11.3 Å². The maximum absolute atomic E-state index is 12.6. The van der Waals surface area contributed by atoms with Crippen LogP contribution in [0.5, 0.6) is 5.75 Å². The fourth-order valence-electron chi connectivity index (χ4n) is 2.48. The lowest BCUT2D eigenvalue weighted by Gasteiger charge is -2.09. The molecule has 1 amide bonds. The van der Waals surface area contributed by atoms with Gasteiger partial charge in [0.1, 0.15) is 16.4 Å². The number of hydrogen-bond acceptors (Lipinski definition) is 5. The minimum atomic E-state index is -0.271. The molecule has 134 valence electrons. The van der Waals surface area contributed by atoms with Crippen molar-refractivity contribution in [2.45, 2.75) is 13.8 Å². The SMILES string of the molecule is CCOc1ccc(-n2c(N)c(C(=O)Nc3ccc(C)cc3)sc2=S)cc1. The lowest BCUT2D eigenvalue weighted by Crippen LogP contribution is -2.13. The number of nitrogens with zero attached hydrogens (tertiary/aromatic N) is 1. The highest BCUT2D eigenvalue weighted by Gasteiger charge is 2.18.